The van der Waals surface area contributed by atoms with Gasteiger partial charge in [0.05, 0.1) is 12.6 Å². The van der Waals surface area contributed by atoms with Crippen molar-refractivity contribution in [3.8, 4) is 0 Å². The van der Waals surface area contributed by atoms with Crippen molar-refractivity contribution in [3.05, 3.63) is 101 Å². The Bertz CT molecular complexity index is 1140. The molecule has 3 aromatic carbocycles. The number of carbonyl (C=O) groups is 2. The maximum Gasteiger partial charge on any atom is 0.255 e. The maximum absolute atomic E-state index is 13.4. The molecule has 0 aliphatic carbocycles. The monoisotopic (exact) mass is 452 g/mol. The molecule has 8 heteroatoms. The highest BCUT2D eigenvalue weighted by atomic mass is 19.1. The lowest BCUT2D eigenvalue weighted by atomic mass is 9.98. The van der Waals surface area contributed by atoms with E-state index in [1.54, 1.807) is 36.4 Å². The van der Waals surface area contributed by atoms with Gasteiger partial charge in [0.15, 0.2) is 0 Å². The molecule has 4 rings (SSSR count). The van der Waals surface area contributed by atoms with Crippen LogP contribution in [-0.2, 0) is 16.1 Å². The van der Waals surface area contributed by atoms with Crippen LogP contribution in [0.2, 0.25) is 0 Å². The van der Waals surface area contributed by atoms with E-state index in [2.05, 4.69) is 5.32 Å². The first-order valence-corrected chi connectivity index (χ1v) is 10.4. The number of rotatable bonds is 6. The number of anilines is 1. The molecule has 2 unspecified atom stereocenters. The molecular weight excluding hydrogens is 430 g/mol. The quantitative estimate of drug-likeness (QED) is 0.598. The van der Waals surface area contributed by atoms with Crippen LogP contribution < -0.4 is 5.32 Å². The number of aliphatic hydroxyl groups is 1. The third-order valence-corrected chi connectivity index (χ3v) is 5.49. The number of nitrogens with one attached hydrogen (secondary N) is 1. The lowest BCUT2D eigenvalue weighted by molar-refractivity contribution is -0.162. The summed E-state index contributed by atoms with van der Waals surface area (Å²) in [6.07, 6.45) is -0.582. The van der Waals surface area contributed by atoms with E-state index in [0.29, 0.717) is 5.69 Å². The van der Waals surface area contributed by atoms with Crippen LogP contribution in [0.3, 0.4) is 0 Å². The second-order valence-electron chi connectivity index (χ2n) is 7.72. The minimum atomic E-state index is -0.635. The van der Waals surface area contributed by atoms with Crippen LogP contribution in [-0.4, -0.2) is 41.1 Å². The molecular formula is C25H22F2N2O4. The van der Waals surface area contributed by atoms with Crippen LogP contribution >= 0.6 is 0 Å². The zero-order chi connectivity index (χ0) is 23.4. The highest BCUT2D eigenvalue weighted by molar-refractivity contribution is 6.04. The number of benzene rings is 3. The average molecular weight is 452 g/mol. The summed E-state index contributed by atoms with van der Waals surface area (Å²) in [6.45, 7) is -0.262. The predicted octanol–water partition coefficient (Wildman–Crippen LogP) is 3.68. The summed E-state index contributed by atoms with van der Waals surface area (Å²) in [5.41, 5.74) is 2.15. The SMILES string of the molecule is O=C(Nc1ccc(C2OCC(=O)N(Cc3ccc(F)cc3)C2CO)cc1)c1cccc(F)c1. The summed E-state index contributed by atoms with van der Waals surface area (Å²) in [5, 5.41) is 12.7. The fourth-order valence-corrected chi connectivity index (χ4v) is 3.80. The van der Waals surface area contributed by atoms with Crippen LogP contribution in [0, 0.1) is 11.6 Å². The van der Waals surface area contributed by atoms with E-state index in [9.17, 15) is 23.5 Å². The standard InChI is InChI=1S/C25H22F2N2O4/c26-19-8-4-16(5-9-19)13-29-22(14-30)24(33-15-23(29)31)17-6-10-21(11-7-17)28-25(32)18-2-1-3-20(27)12-18/h1-12,22,24,30H,13-15H2,(H,28,32). The molecule has 0 spiro atoms. The van der Waals surface area contributed by atoms with Gasteiger partial charge in [-0.3, -0.25) is 9.59 Å². The van der Waals surface area contributed by atoms with E-state index in [-0.39, 0.29) is 37.0 Å². The number of halogens is 2. The zero-order valence-electron chi connectivity index (χ0n) is 17.6. The largest absolute Gasteiger partial charge is 0.394 e. The Hall–Kier alpha value is -3.62. The van der Waals surface area contributed by atoms with Crippen molar-refractivity contribution in [1.29, 1.82) is 0 Å². The zero-order valence-corrected chi connectivity index (χ0v) is 17.6. The number of hydrogen-bond donors (Lipinski definition) is 2. The summed E-state index contributed by atoms with van der Waals surface area (Å²) in [5.74, 6) is -1.58. The summed E-state index contributed by atoms with van der Waals surface area (Å²) < 4.78 is 32.3. The molecule has 0 bridgehead atoms. The Morgan fingerprint density at radius 1 is 1.03 bits per heavy atom. The fraction of sp³-hybridized carbons (Fsp3) is 0.200. The lowest BCUT2D eigenvalue weighted by Crippen LogP contribution is -2.52. The second kappa shape index (κ2) is 9.89. The maximum atomic E-state index is 13.4. The molecule has 2 atom stereocenters. The van der Waals surface area contributed by atoms with E-state index in [1.807, 2.05) is 0 Å². The molecule has 1 saturated heterocycles. The Morgan fingerprint density at radius 2 is 1.76 bits per heavy atom. The van der Waals surface area contributed by atoms with Crippen LogP contribution in [0.1, 0.15) is 27.6 Å². The molecule has 3 aromatic rings. The van der Waals surface area contributed by atoms with Crippen LogP contribution in [0.4, 0.5) is 14.5 Å². The molecule has 0 radical (unpaired) electrons. The summed E-state index contributed by atoms with van der Waals surface area (Å²) in [4.78, 5) is 26.3. The number of ether oxygens (including phenoxy) is 1. The first-order chi connectivity index (χ1) is 15.9. The minimum absolute atomic E-state index is 0.152. The first kappa shape index (κ1) is 22.6. The molecule has 2 amide bonds. The lowest BCUT2D eigenvalue weighted by Gasteiger charge is -2.40. The van der Waals surface area contributed by atoms with Crippen molar-refractivity contribution in [3.63, 3.8) is 0 Å². The van der Waals surface area contributed by atoms with Gasteiger partial charge in [0.1, 0.15) is 24.3 Å². The number of amides is 2. The van der Waals surface area contributed by atoms with Crippen LogP contribution in [0.15, 0.2) is 72.8 Å². The van der Waals surface area contributed by atoms with Gasteiger partial charge in [-0.05, 0) is 53.6 Å². The summed E-state index contributed by atoms with van der Waals surface area (Å²) in [6, 6.07) is 17.4. The van der Waals surface area contributed by atoms with Gasteiger partial charge in [-0.15, -0.1) is 0 Å². The molecule has 1 aliphatic heterocycles. The van der Waals surface area contributed by atoms with Crippen LogP contribution in [0.25, 0.3) is 0 Å². The average Bonchev–Trinajstić information content (AvgIpc) is 2.82. The first-order valence-electron chi connectivity index (χ1n) is 10.4. The van der Waals surface area contributed by atoms with Gasteiger partial charge in [-0.25, -0.2) is 8.78 Å². The molecule has 1 fully saturated rings. The molecule has 33 heavy (non-hydrogen) atoms. The molecule has 170 valence electrons. The van der Waals surface area contributed by atoms with Gasteiger partial charge < -0.3 is 20.1 Å². The van der Waals surface area contributed by atoms with Gasteiger partial charge >= 0.3 is 0 Å². The minimum Gasteiger partial charge on any atom is -0.394 e. The van der Waals surface area contributed by atoms with Crippen molar-refractivity contribution in [2.24, 2.45) is 0 Å². The number of carbonyl (C=O) groups excluding carboxylic acids is 2. The van der Waals surface area contributed by atoms with E-state index >= 15 is 0 Å². The summed E-state index contributed by atoms with van der Waals surface area (Å²) >= 11 is 0. The number of nitrogens with zero attached hydrogens (tertiary/aromatic N) is 1. The van der Waals surface area contributed by atoms with Gasteiger partial charge in [0.25, 0.3) is 5.91 Å². The van der Waals surface area contributed by atoms with Gasteiger partial charge in [-0.1, -0.05) is 30.3 Å². The van der Waals surface area contributed by atoms with Crippen LogP contribution in [0.5, 0.6) is 0 Å². The van der Waals surface area contributed by atoms with Gasteiger partial charge in [-0.2, -0.15) is 0 Å². The topological polar surface area (TPSA) is 78.9 Å². The second-order valence-corrected chi connectivity index (χ2v) is 7.72. The number of morpholine rings is 1. The summed E-state index contributed by atoms with van der Waals surface area (Å²) in [7, 11) is 0. The van der Waals surface area contributed by atoms with E-state index in [4.69, 9.17) is 4.74 Å². The molecule has 6 nitrogen and oxygen atoms in total. The highest BCUT2D eigenvalue weighted by Gasteiger charge is 2.37. The van der Waals surface area contributed by atoms with E-state index in [1.165, 1.54) is 35.2 Å². The molecule has 0 saturated carbocycles. The number of hydrogen-bond acceptors (Lipinski definition) is 4. The van der Waals surface area contributed by atoms with Crippen molar-refractivity contribution in [2.45, 2.75) is 18.7 Å². The van der Waals surface area contributed by atoms with Crippen molar-refractivity contribution < 1.29 is 28.2 Å². The molecule has 1 heterocycles. The Balaban J connectivity index is 1.48. The highest BCUT2D eigenvalue weighted by Crippen LogP contribution is 2.31. The Kier molecular flexibility index (Phi) is 6.76. The smallest absolute Gasteiger partial charge is 0.255 e. The van der Waals surface area contributed by atoms with Crippen molar-refractivity contribution >= 4 is 17.5 Å². The van der Waals surface area contributed by atoms with Crippen molar-refractivity contribution in [2.75, 3.05) is 18.5 Å². The normalized spacial score (nSPS) is 18.3. The Morgan fingerprint density at radius 3 is 2.42 bits per heavy atom. The van der Waals surface area contributed by atoms with Crippen molar-refractivity contribution in [1.82, 2.24) is 4.90 Å². The third-order valence-electron chi connectivity index (χ3n) is 5.49. The number of aliphatic hydroxyl groups excluding tert-OH is 1. The molecule has 2 N–H and O–H groups in total. The van der Waals surface area contributed by atoms with E-state index < -0.39 is 23.9 Å². The third kappa shape index (κ3) is 5.24. The predicted molar refractivity (Wildman–Crippen MR) is 117 cm³/mol. The molecule has 0 aromatic heterocycles. The van der Waals surface area contributed by atoms with Gasteiger partial charge in [0.2, 0.25) is 5.91 Å². The van der Waals surface area contributed by atoms with E-state index in [0.717, 1.165) is 17.2 Å². The molecule has 1 aliphatic rings. The Labute approximate surface area is 189 Å². The van der Waals surface area contributed by atoms with Gasteiger partial charge in [0, 0.05) is 17.8 Å². The fourth-order valence-electron chi connectivity index (χ4n) is 3.80.